The number of carbonyl (C=O) groups is 1. The fourth-order valence-electron chi connectivity index (χ4n) is 2.07. The maximum absolute atomic E-state index is 14.3. The molecule has 1 aromatic rings. The van der Waals surface area contributed by atoms with Gasteiger partial charge in [-0.2, -0.15) is 0 Å². The Kier molecular flexibility index (Phi) is 4.37. The number of methoxy groups -OCH3 is 1. The van der Waals surface area contributed by atoms with Crippen LogP contribution >= 0.6 is 15.9 Å². The summed E-state index contributed by atoms with van der Waals surface area (Å²) in [6, 6.07) is 1.62. The molecule has 0 amide bonds. The molecule has 0 aliphatic carbocycles. The maximum atomic E-state index is 14.3. The number of aryl methyl sites for hydroxylation is 1. The van der Waals surface area contributed by atoms with E-state index >= 15 is 0 Å². The molecule has 0 bridgehead atoms. The van der Waals surface area contributed by atoms with E-state index in [1.165, 1.54) is 7.11 Å². The van der Waals surface area contributed by atoms with Gasteiger partial charge in [-0.1, -0.05) is 13.8 Å². The number of carboxylic acids is 1. The predicted molar refractivity (Wildman–Crippen MR) is 70.7 cm³/mol. The molecular weight excluding hydrogens is 303 g/mol. The second-order valence-electron chi connectivity index (χ2n) is 4.85. The molecule has 18 heavy (non-hydrogen) atoms. The fourth-order valence-corrected chi connectivity index (χ4v) is 2.61. The van der Waals surface area contributed by atoms with Crippen molar-refractivity contribution >= 4 is 21.9 Å². The normalized spacial score (nSPS) is 11.4. The first-order valence-electron chi connectivity index (χ1n) is 5.45. The molecule has 0 heterocycles. The van der Waals surface area contributed by atoms with Crippen LogP contribution in [-0.2, 0) is 10.2 Å². The SMILES string of the molecule is COc1c(C)cc(Br)c(F)c1C(C)(C)CC(=O)O. The molecule has 0 radical (unpaired) electrons. The first-order valence-corrected chi connectivity index (χ1v) is 6.25. The summed E-state index contributed by atoms with van der Waals surface area (Å²) in [4.78, 5) is 10.9. The van der Waals surface area contributed by atoms with Gasteiger partial charge in [0.2, 0.25) is 0 Å². The molecule has 5 heteroatoms. The van der Waals surface area contributed by atoms with Gasteiger partial charge in [0.05, 0.1) is 18.0 Å². The second kappa shape index (κ2) is 5.26. The largest absolute Gasteiger partial charge is 0.496 e. The molecule has 1 aromatic carbocycles. The average molecular weight is 319 g/mol. The predicted octanol–water partition coefficient (Wildman–Crippen LogP) is 3.66. The molecule has 0 aromatic heterocycles. The Morgan fingerprint density at radius 3 is 2.56 bits per heavy atom. The lowest BCUT2D eigenvalue weighted by molar-refractivity contribution is -0.138. The van der Waals surface area contributed by atoms with Crippen LogP contribution in [0.4, 0.5) is 4.39 Å². The molecule has 3 nitrogen and oxygen atoms in total. The number of halogens is 2. The first kappa shape index (κ1) is 15.0. The highest BCUT2D eigenvalue weighted by Crippen LogP contribution is 2.41. The molecule has 0 aliphatic rings. The highest BCUT2D eigenvalue weighted by atomic mass is 79.9. The Hall–Kier alpha value is -1.10. The molecule has 1 rings (SSSR count). The number of aliphatic carboxylic acids is 1. The van der Waals surface area contributed by atoms with Crippen LogP contribution in [0, 0.1) is 12.7 Å². The highest BCUT2D eigenvalue weighted by Gasteiger charge is 2.32. The molecule has 0 spiro atoms. The number of ether oxygens (including phenoxy) is 1. The zero-order valence-corrected chi connectivity index (χ0v) is 12.4. The summed E-state index contributed by atoms with van der Waals surface area (Å²) in [7, 11) is 1.45. The van der Waals surface area contributed by atoms with E-state index in [2.05, 4.69) is 15.9 Å². The monoisotopic (exact) mass is 318 g/mol. The third kappa shape index (κ3) is 2.83. The zero-order valence-electron chi connectivity index (χ0n) is 10.8. The summed E-state index contributed by atoms with van der Waals surface area (Å²) in [5.74, 6) is -1.04. The van der Waals surface area contributed by atoms with E-state index in [0.29, 0.717) is 15.8 Å². The van der Waals surface area contributed by atoms with Gasteiger partial charge in [0.15, 0.2) is 0 Å². The van der Waals surface area contributed by atoms with Crippen molar-refractivity contribution in [3.05, 3.63) is 27.5 Å². The molecule has 0 aliphatic heterocycles. The Morgan fingerprint density at radius 2 is 2.11 bits per heavy atom. The minimum atomic E-state index is -0.973. The van der Waals surface area contributed by atoms with Crippen molar-refractivity contribution in [2.75, 3.05) is 7.11 Å². The standard InChI is InChI=1S/C13H16BrFO3/c1-7-5-8(14)11(15)10(12(7)18-4)13(2,3)6-9(16)17/h5H,6H2,1-4H3,(H,16,17). The Balaban J connectivity index is 3.51. The van der Waals surface area contributed by atoms with Gasteiger partial charge in [0.25, 0.3) is 0 Å². The van der Waals surface area contributed by atoms with Crippen molar-refractivity contribution in [3.8, 4) is 5.75 Å². The van der Waals surface area contributed by atoms with Crippen LogP contribution in [0.5, 0.6) is 5.75 Å². The number of carboxylic acid groups (broad SMARTS) is 1. The van der Waals surface area contributed by atoms with E-state index < -0.39 is 17.2 Å². The van der Waals surface area contributed by atoms with Gasteiger partial charge in [-0.15, -0.1) is 0 Å². The van der Waals surface area contributed by atoms with E-state index in [4.69, 9.17) is 9.84 Å². The quantitative estimate of drug-likeness (QED) is 0.921. The van der Waals surface area contributed by atoms with Crippen LogP contribution in [-0.4, -0.2) is 18.2 Å². The van der Waals surface area contributed by atoms with Crippen molar-refractivity contribution in [2.45, 2.75) is 32.6 Å². The van der Waals surface area contributed by atoms with Gasteiger partial charge in [-0.25, -0.2) is 4.39 Å². The minimum Gasteiger partial charge on any atom is -0.496 e. The zero-order chi connectivity index (χ0) is 14.1. The van der Waals surface area contributed by atoms with Crippen molar-refractivity contribution in [3.63, 3.8) is 0 Å². The van der Waals surface area contributed by atoms with Crippen LogP contribution in [0.1, 0.15) is 31.4 Å². The highest BCUT2D eigenvalue weighted by molar-refractivity contribution is 9.10. The van der Waals surface area contributed by atoms with Crippen LogP contribution in [0.2, 0.25) is 0 Å². The van der Waals surface area contributed by atoms with Gasteiger partial charge in [0.1, 0.15) is 11.6 Å². The Labute approximate surface area is 114 Å². The smallest absolute Gasteiger partial charge is 0.304 e. The average Bonchev–Trinajstić information content (AvgIpc) is 2.20. The minimum absolute atomic E-state index is 0.170. The van der Waals surface area contributed by atoms with E-state index in [1.807, 2.05) is 0 Å². The summed E-state index contributed by atoms with van der Waals surface area (Å²) in [5.41, 5.74) is 0.203. The van der Waals surface area contributed by atoms with Crippen LogP contribution in [0.25, 0.3) is 0 Å². The third-order valence-corrected chi connectivity index (χ3v) is 3.41. The molecular formula is C13H16BrFO3. The molecule has 0 saturated heterocycles. The Bertz CT molecular complexity index is 484. The van der Waals surface area contributed by atoms with Crippen LogP contribution < -0.4 is 4.74 Å². The summed E-state index contributed by atoms with van der Waals surface area (Å²) < 4.78 is 19.8. The molecule has 0 saturated carbocycles. The van der Waals surface area contributed by atoms with Crippen molar-refractivity contribution in [1.29, 1.82) is 0 Å². The number of hydrogen-bond acceptors (Lipinski definition) is 2. The number of rotatable bonds is 4. The van der Waals surface area contributed by atoms with E-state index in [-0.39, 0.29) is 6.42 Å². The molecule has 0 atom stereocenters. The van der Waals surface area contributed by atoms with Gasteiger partial charge in [0, 0.05) is 11.0 Å². The summed E-state index contributed by atoms with van der Waals surface area (Å²) in [6.45, 7) is 5.17. The van der Waals surface area contributed by atoms with Gasteiger partial charge in [-0.05, 0) is 34.5 Å². The van der Waals surface area contributed by atoms with E-state index in [1.54, 1.807) is 26.8 Å². The van der Waals surface area contributed by atoms with Crippen molar-refractivity contribution < 1.29 is 19.0 Å². The lowest BCUT2D eigenvalue weighted by Gasteiger charge is -2.27. The summed E-state index contributed by atoms with van der Waals surface area (Å²) >= 11 is 3.14. The lowest BCUT2D eigenvalue weighted by atomic mass is 9.80. The van der Waals surface area contributed by atoms with E-state index in [0.717, 1.165) is 5.56 Å². The number of hydrogen-bond donors (Lipinski definition) is 1. The number of benzene rings is 1. The molecule has 1 N–H and O–H groups in total. The lowest BCUT2D eigenvalue weighted by Crippen LogP contribution is -2.24. The van der Waals surface area contributed by atoms with Gasteiger partial charge >= 0.3 is 5.97 Å². The third-order valence-electron chi connectivity index (χ3n) is 2.83. The van der Waals surface area contributed by atoms with Crippen LogP contribution in [0.3, 0.4) is 0 Å². The topological polar surface area (TPSA) is 46.5 Å². The van der Waals surface area contributed by atoms with Crippen molar-refractivity contribution in [1.82, 2.24) is 0 Å². The van der Waals surface area contributed by atoms with Gasteiger partial charge < -0.3 is 9.84 Å². The van der Waals surface area contributed by atoms with Crippen molar-refractivity contribution in [2.24, 2.45) is 0 Å². The fraction of sp³-hybridized carbons (Fsp3) is 0.462. The van der Waals surface area contributed by atoms with Gasteiger partial charge in [-0.3, -0.25) is 4.79 Å². The maximum Gasteiger partial charge on any atom is 0.304 e. The Morgan fingerprint density at radius 1 is 1.56 bits per heavy atom. The second-order valence-corrected chi connectivity index (χ2v) is 5.71. The molecule has 100 valence electrons. The first-order chi connectivity index (χ1) is 8.20. The summed E-state index contributed by atoms with van der Waals surface area (Å²) in [5, 5.41) is 8.93. The summed E-state index contributed by atoms with van der Waals surface area (Å²) in [6.07, 6.45) is -0.170. The molecule has 0 unspecified atom stereocenters. The van der Waals surface area contributed by atoms with Crippen LogP contribution in [0.15, 0.2) is 10.5 Å². The molecule has 0 fully saturated rings. The van der Waals surface area contributed by atoms with E-state index in [9.17, 15) is 9.18 Å².